The number of rotatable bonds is 8. The summed E-state index contributed by atoms with van der Waals surface area (Å²) >= 11 is 0. The van der Waals surface area contributed by atoms with Crippen LogP contribution in [0.1, 0.15) is 5.56 Å². The SMILES string of the molecule is O=[N+]([O-])c1ccc(OCCOc2ccccc2/C=N/n2cnnc2)cc1. The molecule has 0 radical (unpaired) electrons. The number of nitro groups is 1. The van der Waals surface area contributed by atoms with Crippen molar-refractivity contribution in [3.05, 3.63) is 76.9 Å². The monoisotopic (exact) mass is 353 g/mol. The highest BCUT2D eigenvalue weighted by Gasteiger charge is 2.05. The lowest BCUT2D eigenvalue weighted by Crippen LogP contribution is -2.10. The van der Waals surface area contributed by atoms with Gasteiger partial charge in [-0.25, -0.2) is 4.68 Å². The van der Waals surface area contributed by atoms with E-state index in [-0.39, 0.29) is 5.69 Å². The fraction of sp³-hybridized carbons (Fsp3) is 0.118. The first-order chi connectivity index (χ1) is 12.7. The molecule has 26 heavy (non-hydrogen) atoms. The van der Waals surface area contributed by atoms with Crippen molar-refractivity contribution in [2.24, 2.45) is 5.10 Å². The molecular weight excluding hydrogens is 338 g/mol. The molecule has 0 saturated carbocycles. The summed E-state index contributed by atoms with van der Waals surface area (Å²) in [6, 6.07) is 13.4. The molecule has 0 N–H and O–H groups in total. The molecule has 1 heterocycles. The molecule has 1 aromatic heterocycles. The number of ether oxygens (including phenoxy) is 2. The van der Waals surface area contributed by atoms with Gasteiger partial charge in [0, 0.05) is 17.7 Å². The van der Waals surface area contributed by atoms with E-state index in [9.17, 15) is 10.1 Å². The molecule has 0 spiro atoms. The van der Waals surface area contributed by atoms with Gasteiger partial charge >= 0.3 is 0 Å². The molecule has 0 atom stereocenters. The molecule has 2 aromatic carbocycles. The highest BCUT2D eigenvalue weighted by molar-refractivity contribution is 5.83. The van der Waals surface area contributed by atoms with Crippen LogP contribution in [0.15, 0.2) is 66.3 Å². The van der Waals surface area contributed by atoms with Crippen molar-refractivity contribution in [2.45, 2.75) is 0 Å². The predicted molar refractivity (Wildman–Crippen MR) is 93.5 cm³/mol. The van der Waals surface area contributed by atoms with Crippen LogP contribution >= 0.6 is 0 Å². The minimum Gasteiger partial charge on any atom is -0.490 e. The average molecular weight is 353 g/mol. The summed E-state index contributed by atoms with van der Waals surface area (Å²) in [6.45, 7) is 0.614. The first kappa shape index (κ1) is 17.1. The van der Waals surface area contributed by atoms with Crippen LogP contribution in [0.4, 0.5) is 5.69 Å². The number of benzene rings is 2. The number of nitro benzene ring substituents is 1. The van der Waals surface area contributed by atoms with Crippen molar-refractivity contribution in [3.8, 4) is 11.5 Å². The maximum absolute atomic E-state index is 10.6. The number of aromatic nitrogens is 3. The first-order valence-corrected chi connectivity index (χ1v) is 7.70. The van der Waals surface area contributed by atoms with Gasteiger partial charge in [0.15, 0.2) is 0 Å². The zero-order valence-corrected chi connectivity index (χ0v) is 13.6. The predicted octanol–water partition coefficient (Wildman–Crippen LogP) is 2.53. The van der Waals surface area contributed by atoms with E-state index in [4.69, 9.17) is 9.47 Å². The van der Waals surface area contributed by atoms with E-state index in [0.717, 1.165) is 5.56 Å². The molecule has 9 nitrogen and oxygen atoms in total. The molecule has 132 valence electrons. The Morgan fingerprint density at radius 3 is 2.46 bits per heavy atom. The van der Waals surface area contributed by atoms with Gasteiger partial charge in [-0.1, -0.05) is 12.1 Å². The Labute approximate surface area is 148 Å². The summed E-state index contributed by atoms with van der Waals surface area (Å²) < 4.78 is 12.7. The topological polar surface area (TPSA) is 105 Å². The van der Waals surface area contributed by atoms with E-state index in [1.165, 1.54) is 29.5 Å². The van der Waals surface area contributed by atoms with Crippen LogP contribution in [0.3, 0.4) is 0 Å². The van der Waals surface area contributed by atoms with Crippen molar-refractivity contribution < 1.29 is 14.4 Å². The lowest BCUT2D eigenvalue weighted by atomic mass is 10.2. The zero-order chi connectivity index (χ0) is 18.2. The lowest BCUT2D eigenvalue weighted by molar-refractivity contribution is -0.384. The largest absolute Gasteiger partial charge is 0.490 e. The van der Waals surface area contributed by atoms with E-state index in [0.29, 0.717) is 24.7 Å². The Kier molecular flexibility index (Phi) is 5.51. The van der Waals surface area contributed by atoms with Crippen LogP contribution in [-0.4, -0.2) is 39.2 Å². The van der Waals surface area contributed by atoms with Gasteiger partial charge in [0.05, 0.1) is 11.1 Å². The Morgan fingerprint density at radius 2 is 1.73 bits per heavy atom. The number of hydrogen-bond donors (Lipinski definition) is 0. The Morgan fingerprint density at radius 1 is 1.04 bits per heavy atom. The van der Waals surface area contributed by atoms with Crippen LogP contribution in [0.25, 0.3) is 0 Å². The molecule has 0 fully saturated rings. The van der Waals surface area contributed by atoms with Crippen LogP contribution in [0.2, 0.25) is 0 Å². The number of nitrogens with zero attached hydrogens (tertiary/aromatic N) is 5. The Hall–Kier alpha value is -3.75. The third kappa shape index (κ3) is 4.63. The van der Waals surface area contributed by atoms with Crippen molar-refractivity contribution in [1.82, 2.24) is 14.9 Å². The van der Waals surface area contributed by atoms with E-state index in [2.05, 4.69) is 15.3 Å². The third-order valence-electron chi connectivity index (χ3n) is 3.31. The molecule has 0 aliphatic heterocycles. The molecule has 0 saturated heterocycles. The number of non-ortho nitro benzene ring substituents is 1. The first-order valence-electron chi connectivity index (χ1n) is 7.70. The summed E-state index contributed by atoms with van der Waals surface area (Å²) in [5.74, 6) is 1.21. The van der Waals surface area contributed by atoms with Crippen molar-refractivity contribution >= 4 is 11.9 Å². The van der Waals surface area contributed by atoms with Gasteiger partial charge in [-0.15, -0.1) is 10.2 Å². The molecule has 3 aromatic rings. The lowest BCUT2D eigenvalue weighted by Gasteiger charge is -2.10. The molecule has 0 unspecified atom stereocenters. The Bertz CT molecular complexity index is 878. The standard InChI is InChI=1S/C17H15N5O4/c23-22(24)15-5-7-16(8-6-15)25-9-10-26-17-4-2-1-3-14(17)11-20-21-12-18-19-13-21/h1-8,11-13H,9-10H2/b20-11+. The zero-order valence-electron chi connectivity index (χ0n) is 13.6. The summed E-state index contributed by atoms with van der Waals surface area (Å²) in [5, 5.41) is 22.2. The molecular formula is C17H15N5O4. The summed E-state index contributed by atoms with van der Waals surface area (Å²) in [6.07, 6.45) is 4.62. The van der Waals surface area contributed by atoms with Crippen LogP contribution in [0, 0.1) is 10.1 Å². The minimum absolute atomic E-state index is 0.0231. The van der Waals surface area contributed by atoms with Crippen LogP contribution in [-0.2, 0) is 0 Å². The molecule has 0 aliphatic rings. The van der Waals surface area contributed by atoms with Crippen LogP contribution < -0.4 is 9.47 Å². The second kappa shape index (κ2) is 8.38. The highest BCUT2D eigenvalue weighted by atomic mass is 16.6. The van der Waals surface area contributed by atoms with E-state index in [1.54, 1.807) is 18.3 Å². The van der Waals surface area contributed by atoms with Gasteiger partial charge in [0.2, 0.25) is 0 Å². The molecule has 0 amide bonds. The van der Waals surface area contributed by atoms with Crippen molar-refractivity contribution in [3.63, 3.8) is 0 Å². The molecule has 0 aliphatic carbocycles. The summed E-state index contributed by atoms with van der Waals surface area (Å²) in [4.78, 5) is 10.2. The highest BCUT2D eigenvalue weighted by Crippen LogP contribution is 2.18. The van der Waals surface area contributed by atoms with Gasteiger partial charge in [-0.05, 0) is 24.3 Å². The van der Waals surface area contributed by atoms with Crippen LogP contribution in [0.5, 0.6) is 11.5 Å². The van der Waals surface area contributed by atoms with Gasteiger partial charge in [-0.3, -0.25) is 10.1 Å². The van der Waals surface area contributed by atoms with Gasteiger partial charge in [-0.2, -0.15) is 5.10 Å². The normalized spacial score (nSPS) is 10.8. The average Bonchev–Trinajstić information content (AvgIpc) is 3.18. The van der Waals surface area contributed by atoms with Crippen molar-refractivity contribution in [2.75, 3.05) is 13.2 Å². The van der Waals surface area contributed by atoms with Gasteiger partial charge in [0.1, 0.15) is 37.4 Å². The van der Waals surface area contributed by atoms with E-state index in [1.807, 2.05) is 24.3 Å². The molecule has 9 heteroatoms. The number of para-hydroxylation sites is 1. The smallest absolute Gasteiger partial charge is 0.269 e. The molecule has 0 bridgehead atoms. The Balaban J connectivity index is 1.52. The number of hydrogen-bond acceptors (Lipinski definition) is 7. The second-order valence-corrected chi connectivity index (χ2v) is 5.07. The van der Waals surface area contributed by atoms with Crippen molar-refractivity contribution in [1.29, 1.82) is 0 Å². The molecule has 3 rings (SSSR count). The fourth-order valence-electron chi connectivity index (χ4n) is 2.08. The van der Waals surface area contributed by atoms with E-state index >= 15 is 0 Å². The second-order valence-electron chi connectivity index (χ2n) is 5.07. The maximum Gasteiger partial charge on any atom is 0.269 e. The van der Waals surface area contributed by atoms with E-state index < -0.39 is 4.92 Å². The third-order valence-corrected chi connectivity index (χ3v) is 3.31. The summed E-state index contributed by atoms with van der Waals surface area (Å²) in [7, 11) is 0. The van der Waals surface area contributed by atoms with Gasteiger partial charge in [0.25, 0.3) is 5.69 Å². The summed E-state index contributed by atoms with van der Waals surface area (Å²) in [5.41, 5.74) is 0.825. The quantitative estimate of drug-likeness (QED) is 0.267. The maximum atomic E-state index is 10.6. The minimum atomic E-state index is -0.453. The fourth-order valence-corrected chi connectivity index (χ4v) is 2.08. The van der Waals surface area contributed by atoms with Gasteiger partial charge < -0.3 is 9.47 Å².